The number of carbonyl (C=O) groups is 4. The fourth-order valence-corrected chi connectivity index (χ4v) is 6.76. The van der Waals surface area contributed by atoms with E-state index >= 15 is 0 Å². The maximum absolute atomic E-state index is 12.8. The Hall–Kier alpha value is -2.46. The van der Waals surface area contributed by atoms with Crippen molar-refractivity contribution in [2.24, 2.45) is 17.3 Å². The number of hydrogen-bond donors (Lipinski definition) is 1. The molecule has 2 heterocycles. The summed E-state index contributed by atoms with van der Waals surface area (Å²) in [5.41, 5.74) is -3.09. The van der Waals surface area contributed by atoms with Crippen molar-refractivity contribution in [1.82, 2.24) is 0 Å². The lowest BCUT2D eigenvalue weighted by atomic mass is 9.52. The van der Waals surface area contributed by atoms with Gasteiger partial charge in [0.15, 0.2) is 11.7 Å². The molecule has 1 N–H and O–H groups in total. The topological polar surface area (TPSA) is 138 Å². The first-order chi connectivity index (χ1) is 16.8. The average molecular weight is 509 g/mol. The number of esters is 4. The molecule has 0 aromatic carbocycles. The molecule has 0 aromatic heterocycles. The van der Waals surface area contributed by atoms with Crippen LogP contribution in [0.3, 0.4) is 0 Å². The van der Waals surface area contributed by atoms with Gasteiger partial charge in [-0.1, -0.05) is 12.5 Å². The van der Waals surface area contributed by atoms with Crippen LogP contribution in [0.4, 0.5) is 0 Å². The summed E-state index contributed by atoms with van der Waals surface area (Å²) >= 11 is 0. The fourth-order valence-electron chi connectivity index (χ4n) is 6.76. The number of aliphatic hydroxyl groups is 1. The Kier molecular flexibility index (Phi) is 6.75. The summed E-state index contributed by atoms with van der Waals surface area (Å²) in [6, 6.07) is 0. The Morgan fingerprint density at radius 1 is 1.03 bits per heavy atom. The maximum Gasteiger partial charge on any atom is 0.312 e. The van der Waals surface area contributed by atoms with Gasteiger partial charge in [-0.3, -0.25) is 19.2 Å². The minimum absolute atomic E-state index is 0.323. The number of rotatable bonds is 3. The molecule has 0 unspecified atom stereocenters. The van der Waals surface area contributed by atoms with Gasteiger partial charge in [-0.05, 0) is 45.6 Å². The molecule has 0 aromatic rings. The van der Waals surface area contributed by atoms with Crippen LogP contribution in [0.5, 0.6) is 0 Å². The molecule has 200 valence electrons. The van der Waals surface area contributed by atoms with Crippen molar-refractivity contribution in [3.63, 3.8) is 0 Å². The van der Waals surface area contributed by atoms with Crippen LogP contribution < -0.4 is 0 Å². The van der Waals surface area contributed by atoms with E-state index in [9.17, 15) is 24.3 Å². The molecule has 0 bridgehead atoms. The minimum Gasteiger partial charge on any atom is -0.462 e. The summed E-state index contributed by atoms with van der Waals surface area (Å²) in [5.74, 6) is -4.10. The van der Waals surface area contributed by atoms with E-state index in [4.69, 9.17) is 23.7 Å². The highest BCUT2D eigenvalue weighted by atomic mass is 16.6. The third kappa shape index (κ3) is 4.22. The number of hydrogen-bond acceptors (Lipinski definition) is 10. The Labute approximate surface area is 210 Å². The molecule has 0 radical (unpaired) electrons. The Bertz CT molecular complexity index is 983. The van der Waals surface area contributed by atoms with E-state index in [2.05, 4.69) is 0 Å². The van der Waals surface area contributed by atoms with E-state index in [1.54, 1.807) is 13.0 Å². The molecule has 4 rings (SSSR count). The Balaban J connectivity index is 2.00. The predicted octanol–water partition coefficient (Wildman–Crippen LogP) is 2.00. The summed E-state index contributed by atoms with van der Waals surface area (Å²) in [6.07, 6.45) is -0.416. The number of epoxide rings is 1. The molecule has 4 aliphatic rings. The van der Waals surface area contributed by atoms with Gasteiger partial charge in [-0.2, -0.15) is 0 Å². The number of fused-ring (bicyclic) bond motifs is 3. The van der Waals surface area contributed by atoms with E-state index in [1.165, 1.54) is 20.8 Å². The van der Waals surface area contributed by atoms with Crippen LogP contribution in [0.1, 0.15) is 67.2 Å². The van der Waals surface area contributed by atoms with Gasteiger partial charge in [0, 0.05) is 26.7 Å². The van der Waals surface area contributed by atoms with Crippen LogP contribution >= 0.6 is 0 Å². The molecule has 3 fully saturated rings. The molecular weight excluding hydrogens is 472 g/mol. The zero-order chi connectivity index (χ0) is 26.6. The molecule has 10 nitrogen and oxygen atoms in total. The maximum atomic E-state index is 12.8. The molecule has 1 saturated carbocycles. The first kappa shape index (κ1) is 26.6. The molecule has 1 spiro atoms. The van der Waals surface area contributed by atoms with Crippen LogP contribution in [-0.2, 0) is 42.9 Å². The van der Waals surface area contributed by atoms with Crippen molar-refractivity contribution >= 4 is 23.9 Å². The van der Waals surface area contributed by atoms with E-state index < -0.39 is 76.7 Å². The zero-order valence-corrected chi connectivity index (χ0v) is 21.7. The predicted molar refractivity (Wildman–Crippen MR) is 123 cm³/mol. The normalized spacial score (nSPS) is 45.3. The monoisotopic (exact) mass is 508 g/mol. The van der Waals surface area contributed by atoms with E-state index in [0.717, 1.165) is 5.57 Å². The van der Waals surface area contributed by atoms with Gasteiger partial charge in [0.1, 0.15) is 18.3 Å². The van der Waals surface area contributed by atoms with Gasteiger partial charge >= 0.3 is 23.9 Å². The molecule has 2 saturated heterocycles. The molecule has 0 amide bonds. The summed E-state index contributed by atoms with van der Waals surface area (Å²) in [7, 11) is 0. The molecule has 36 heavy (non-hydrogen) atoms. The summed E-state index contributed by atoms with van der Waals surface area (Å²) < 4.78 is 29.2. The summed E-state index contributed by atoms with van der Waals surface area (Å²) in [5, 5.41) is 12.3. The second-order valence-corrected chi connectivity index (χ2v) is 11.0. The highest BCUT2D eigenvalue weighted by Crippen LogP contribution is 2.62. The summed E-state index contributed by atoms with van der Waals surface area (Å²) in [4.78, 5) is 49.8. The van der Waals surface area contributed by atoms with Crippen molar-refractivity contribution in [3.8, 4) is 0 Å². The standard InChI is InChI=1S/C26H36O10/c1-13-7-8-18(33-15(3)27)24(6)19(34-16(4)28)9-10-25(12-32-25)21(24)22(35-17(5)29)26(31)14(2)23(30)36-20(26)11-13/h11,14,18-22,31H,7-10,12H2,1-6H3/b13-11-/t14-,18-,19-,20-,21+,22-,24-,25+,26-/m0/s1. The van der Waals surface area contributed by atoms with Crippen LogP contribution in [0, 0.1) is 17.3 Å². The lowest BCUT2D eigenvalue weighted by molar-refractivity contribution is -0.242. The Morgan fingerprint density at radius 2 is 1.58 bits per heavy atom. The van der Waals surface area contributed by atoms with Crippen molar-refractivity contribution in [1.29, 1.82) is 0 Å². The molecule has 2 aliphatic carbocycles. The first-order valence-corrected chi connectivity index (χ1v) is 12.5. The second-order valence-electron chi connectivity index (χ2n) is 11.0. The van der Waals surface area contributed by atoms with Gasteiger partial charge in [0.2, 0.25) is 0 Å². The molecule has 2 aliphatic heterocycles. The smallest absolute Gasteiger partial charge is 0.312 e. The van der Waals surface area contributed by atoms with E-state index in [1.807, 2.05) is 13.8 Å². The average Bonchev–Trinajstić information content (AvgIpc) is 3.50. The van der Waals surface area contributed by atoms with Crippen LogP contribution in [0.2, 0.25) is 0 Å². The largest absolute Gasteiger partial charge is 0.462 e. The lowest BCUT2D eigenvalue weighted by Crippen LogP contribution is -2.69. The van der Waals surface area contributed by atoms with Gasteiger partial charge in [-0.15, -0.1) is 0 Å². The van der Waals surface area contributed by atoms with Crippen molar-refractivity contribution < 1.29 is 48.0 Å². The summed E-state index contributed by atoms with van der Waals surface area (Å²) in [6.45, 7) is 9.38. The van der Waals surface area contributed by atoms with Crippen LogP contribution in [0.25, 0.3) is 0 Å². The third-order valence-corrected chi connectivity index (χ3v) is 8.62. The van der Waals surface area contributed by atoms with Crippen LogP contribution in [-0.4, -0.2) is 71.2 Å². The van der Waals surface area contributed by atoms with Gasteiger partial charge < -0.3 is 28.8 Å². The SMILES string of the molecule is CC(=O)O[C@H]1CC/C(C)=C\[C@@H]2OC(=O)[C@H](C)[C@@]2(O)[C@@H](OC(C)=O)[C@H]2[C@@]3(CC[C@H](OC(C)=O)[C@]12C)CO3. The van der Waals surface area contributed by atoms with E-state index in [0.29, 0.717) is 32.3 Å². The zero-order valence-electron chi connectivity index (χ0n) is 21.7. The van der Waals surface area contributed by atoms with Gasteiger partial charge in [0.05, 0.1) is 23.5 Å². The van der Waals surface area contributed by atoms with Crippen molar-refractivity contribution in [3.05, 3.63) is 11.6 Å². The quantitative estimate of drug-likeness (QED) is 0.261. The lowest BCUT2D eigenvalue weighted by Gasteiger charge is -2.56. The number of allylic oxidation sites excluding steroid dienone is 1. The molecule has 10 heteroatoms. The molecular formula is C26H36O10. The van der Waals surface area contributed by atoms with E-state index in [-0.39, 0.29) is 0 Å². The fraction of sp³-hybridized carbons (Fsp3) is 0.769. The third-order valence-electron chi connectivity index (χ3n) is 8.62. The molecule has 9 atom stereocenters. The first-order valence-electron chi connectivity index (χ1n) is 12.5. The second kappa shape index (κ2) is 9.13. The highest BCUT2D eigenvalue weighted by Gasteiger charge is 2.74. The Morgan fingerprint density at radius 3 is 2.11 bits per heavy atom. The van der Waals surface area contributed by atoms with Crippen LogP contribution in [0.15, 0.2) is 11.6 Å². The minimum atomic E-state index is -1.94. The van der Waals surface area contributed by atoms with Crippen molar-refractivity contribution in [2.45, 2.75) is 103 Å². The highest BCUT2D eigenvalue weighted by molar-refractivity contribution is 5.77. The van der Waals surface area contributed by atoms with Gasteiger partial charge in [-0.25, -0.2) is 0 Å². The van der Waals surface area contributed by atoms with Crippen molar-refractivity contribution in [2.75, 3.05) is 6.61 Å². The number of ether oxygens (including phenoxy) is 5. The van der Waals surface area contributed by atoms with Gasteiger partial charge in [0.25, 0.3) is 0 Å². The number of carbonyl (C=O) groups excluding carboxylic acids is 4.